The Hall–Kier alpha value is -2.67. The minimum atomic E-state index is -0.320. The van der Waals surface area contributed by atoms with E-state index in [9.17, 15) is 4.39 Å². The zero-order valence-electron chi connectivity index (χ0n) is 13.1. The third-order valence-electron chi connectivity index (χ3n) is 3.98. The lowest BCUT2D eigenvalue weighted by atomic mass is 10.1. The molecule has 1 aromatic carbocycles. The van der Waals surface area contributed by atoms with E-state index < -0.39 is 0 Å². The van der Waals surface area contributed by atoms with Crippen molar-refractivity contribution in [2.45, 2.75) is 6.42 Å². The van der Waals surface area contributed by atoms with Crippen LogP contribution in [0.4, 0.5) is 10.2 Å². The van der Waals surface area contributed by atoms with Crippen molar-refractivity contribution in [3.8, 4) is 16.9 Å². The third kappa shape index (κ3) is 2.90. The molecule has 1 aliphatic heterocycles. The maximum Gasteiger partial charge on any atom is 0.165 e. The number of anilines is 1. The monoisotopic (exact) mass is 327 g/mol. The molecule has 6 nitrogen and oxygen atoms in total. The van der Waals surface area contributed by atoms with E-state index in [1.807, 2.05) is 12.3 Å². The average molecular weight is 327 g/mol. The molecule has 0 spiro atoms. The van der Waals surface area contributed by atoms with Crippen LogP contribution in [0.1, 0.15) is 6.42 Å². The van der Waals surface area contributed by atoms with Crippen molar-refractivity contribution >= 4 is 11.5 Å². The predicted molar refractivity (Wildman–Crippen MR) is 89.9 cm³/mol. The highest BCUT2D eigenvalue weighted by Gasteiger charge is 2.14. The fourth-order valence-electron chi connectivity index (χ4n) is 2.75. The van der Waals surface area contributed by atoms with Crippen LogP contribution in [0.5, 0.6) is 5.75 Å². The smallest absolute Gasteiger partial charge is 0.165 e. The van der Waals surface area contributed by atoms with Gasteiger partial charge in [-0.05, 0) is 37.2 Å². The number of nitrogens with zero attached hydrogens (tertiary/aromatic N) is 3. The van der Waals surface area contributed by atoms with E-state index in [2.05, 4.69) is 20.7 Å². The molecule has 124 valence electrons. The van der Waals surface area contributed by atoms with Gasteiger partial charge in [-0.25, -0.2) is 13.9 Å². The van der Waals surface area contributed by atoms with Crippen LogP contribution in [-0.2, 0) is 0 Å². The fraction of sp³-hybridized carbons (Fsp3) is 0.294. The molecule has 0 unspecified atom stereocenters. The lowest BCUT2D eigenvalue weighted by molar-refractivity contribution is 0.314. The van der Waals surface area contributed by atoms with Gasteiger partial charge < -0.3 is 15.4 Å². The fourth-order valence-corrected chi connectivity index (χ4v) is 2.75. The zero-order chi connectivity index (χ0) is 16.4. The van der Waals surface area contributed by atoms with E-state index in [0.717, 1.165) is 31.9 Å². The van der Waals surface area contributed by atoms with E-state index in [-0.39, 0.29) is 5.82 Å². The molecule has 0 fully saturated rings. The summed E-state index contributed by atoms with van der Waals surface area (Å²) in [4.78, 5) is 4.58. The third-order valence-corrected chi connectivity index (χ3v) is 3.98. The van der Waals surface area contributed by atoms with Crippen molar-refractivity contribution < 1.29 is 9.13 Å². The molecule has 0 saturated heterocycles. The largest absolute Gasteiger partial charge is 0.492 e. The number of hydrogen-bond acceptors (Lipinski definition) is 5. The Morgan fingerprint density at radius 1 is 1.12 bits per heavy atom. The molecule has 3 aromatic rings. The second-order valence-electron chi connectivity index (χ2n) is 5.66. The molecule has 0 radical (unpaired) electrons. The van der Waals surface area contributed by atoms with Crippen molar-refractivity contribution in [3.63, 3.8) is 0 Å². The summed E-state index contributed by atoms with van der Waals surface area (Å²) in [5.74, 6) is 1.07. The van der Waals surface area contributed by atoms with Crippen molar-refractivity contribution in [3.05, 3.63) is 42.5 Å². The van der Waals surface area contributed by atoms with Gasteiger partial charge in [0, 0.05) is 30.4 Å². The van der Waals surface area contributed by atoms with Gasteiger partial charge in [0.05, 0.1) is 6.20 Å². The summed E-state index contributed by atoms with van der Waals surface area (Å²) in [7, 11) is 0. The van der Waals surface area contributed by atoms with Crippen molar-refractivity contribution in [2.75, 3.05) is 31.6 Å². The number of nitrogens with one attached hydrogen (secondary N) is 2. The molecule has 7 heteroatoms. The quantitative estimate of drug-likeness (QED) is 0.663. The normalized spacial score (nSPS) is 15.4. The number of aromatic nitrogens is 3. The summed E-state index contributed by atoms with van der Waals surface area (Å²) in [6.45, 7) is 2.98. The molecule has 0 saturated carbocycles. The molecule has 2 N–H and O–H groups in total. The SMILES string of the molecule is Fc1ccc2cc1-c1cnn3ccc(nc13)NCCCNCCO2. The van der Waals surface area contributed by atoms with Crippen molar-refractivity contribution in [1.29, 1.82) is 0 Å². The second kappa shape index (κ2) is 6.45. The molecular formula is C17H18FN5O. The molecule has 0 aliphatic carbocycles. The number of rotatable bonds is 0. The first-order valence-electron chi connectivity index (χ1n) is 8.03. The van der Waals surface area contributed by atoms with Gasteiger partial charge in [0.25, 0.3) is 0 Å². The number of fused-ring (bicyclic) bond motifs is 4. The van der Waals surface area contributed by atoms with Gasteiger partial charge in [0.2, 0.25) is 0 Å². The number of halogens is 1. The van der Waals surface area contributed by atoms with Crippen LogP contribution in [0.2, 0.25) is 0 Å². The minimum absolute atomic E-state index is 0.320. The first-order chi connectivity index (χ1) is 11.8. The van der Waals surface area contributed by atoms with Gasteiger partial charge in [-0.2, -0.15) is 5.10 Å². The first kappa shape index (κ1) is 14.9. The summed E-state index contributed by atoms with van der Waals surface area (Å²) in [6.07, 6.45) is 4.43. The molecular weight excluding hydrogens is 309 g/mol. The Morgan fingerprint density at radius 2 is 2.08 bits per heavy atom. The Bertz CT molecular complexity index is 863. The molecule has 0 amide bonds. The standard InChI is InChI=1S/C17H18FN5O/c18-15-3-2-12-10-13(15)14-11-21-23-8-4-16(22-17(14)23)20-6-1-5-19-7-9-24-12/h2-4,8,10-11,19H,1,5-7,9H2,(H,20,22). The Morgan fingerprint density at radius 3 is 3.04 bits per heavy atom. The topological polar surface area (TPSA) is 63.5 Å². The van der Waals surface area contributed by atoms with Gasteiger partial charge in [-0.15, -0.1) is 0 Å². The highest BCUT2D eigenvalue weighted by atomic mass is 19.1. The molecule has 0 atom stereocenters. The summed E-state index contributed by atoms with van der Waals surface area (Å²) in [6, 6.07) is 6.63. The predicted octanol–water partition coefficient (Wildman–Crippen LogP) is 2.32. The summed E-state index contributed by atoms with van der Waals surface area (Å²) in [5, 5.41) is 10.9. The van der Waals surface area contributed by atoms with Crippen LogP contribution in [-0.4, -0.2) is 40.8 Å². The summed E-state index contributed by atoms with van der Waals surface area (Å²) in [5.41, 5.74) is 1.70. The number of ether oxygens (including phenoxy) is 1. The first-order valence-corrected chi connectivity index (χ1v) is 8.03. The van der Waals surface area contributed by atoms with E-state index >= 15 is 0 Å². The van der Waals surface area contributed by atoms with Crippen LogP contribution < -0.4 is 15.4 Å². The van der Waals surface area contributed by atoms with Crippen LogP contribution in [0, 0.1) is 5.82 Å². The molecule has 4 rings (SSSR count). The lowest BCUT2D eigenvalue weighted by Gasteiger charge is -2.09. The number of benzene rings is 1. The Balaban J connectivity index is 1.82. The highest BCUT2D eigenvalue weighted by Crippen LogP contribution is 2.30. The molecule has 4 bridgehead atoms. The average Bonchev–Trinajstić information content (AvgIpc) is 3.01. The van der Waals surface area contributed by atoms with Crippen LogP contribution in [0.3, 0.4) is 0 Å². The van der Waals surface area contributed by atoms with E-state index in [0.29, 0.717) is 29.1 Å². The molecule has 3 heterocycles. The van der Waals surface area contributed by atoms with Gasteiger partial charge in [-0.3, -0.25) is 0 Å². The van der Waals surface area contributed by atoms with Gasteiger partial charge in [-0.1, -0.05) is 0 Å². The van der Waals surface area contributed by atoms with Crippen molar-refractivity contribution in [2.24, 2.45) is 0 Å². The van der Waals surface area contributed by atoms with Crippen LogP contribution in [0.25, 0.3) is 16.8 Å². The van der Waals surface area contributed by atoms with E-state index in [4.69, 9.17) is 4.74 Å². The minimum Gasteiger partial charge on any atom is -0.492 e. The lowest BCUT2D eigenvalue weighted by Crippen LogP contribution is -2.23. The van der Waals surface area contributed by atoms with Gasteiger partial charge in [0.15, 0.2) is 5.65 Å². The van der Waals surface area contributed by atoms with Crippen LogP contribution >= 0.6 is 0 Å². The van der Waals surface area contributed by atoms with Gasteiger partial charge in [0.1, 0.15) is 24.0 Å². The van der Waals surface area contributed by atoms with Crippen molar-refractivity contribution in [1.82, 2.24) is 19.9 Å². The maximum absolute atomic E-state index is 14.4. The maximum atomic E-state index is 14.4. The number of hydrogen-bond donors (Lipinski definition) is 2. The van der Waals surface area contributed by atoms with E-state index in [1.165, 1.54) is 6.07 Å². The molecule has 24 heavy (non-hydrogen) atoms. The second-order valence-corrected chi connectivity index (χ2v) is 5.66. The van der Waals surface area contributed by atoms with Crippen LogP contribution in [0.15, 0.2) is 36.7 Å². The molecule has 1 aliphatic rings. The highest BCUT2D eigenvalue weighted by molar-refractivity contribution is 5.78. The Labute approximate surface area is 138 Å². The summed E-state index contributed by atoms with van der Waals surface area (Å²) >= 11 is 0. The van der Waals surface area contributed by atoms with Gasteiger partial charge >= 0.3 is 0 Å². The van der Waals surface area contributed by atoms with E-state index in [1.54, 1.807) is 22.8 Å². The molecule has 2 aromatic heterocycles. The zero-order valence-corrected chi connectivity index (χ0v) is 13.1. The Kier molecular flexibility index (Phi) is 4.00. The summed E-state index contributed by atoms with van der Waals surface area (Å²) < 4.78 is 21.7.